The van der Waals surface area contributed by atoms with Crippen LogP contribution in [0, 0.1) is 11.3 Å². The lowest BCUT2D eigenvalue weighted by molar-refractivity contribution is -0.141. The fourth-order valence-electron chi connectivity index (χ4n) is 3.59. The highest BCUT2D eigenvalue weighted by Crippen LogP contribution is 2.46. The molecule has 1 spiro atoms. The van der Waals surface area contributed by atoms with Crippen LogP contribution < -0.4 is 0 Å². The van der Waals surface area contributed by atoms with Crippen molar-refractivity contribution in [1.82, 2.24) is 4.90 Å². The number of hydrogen-bond donors (Lipinski definition) is 1. The van der Waals surface area contributed by atoms with Gasteiger partial charge in [-0.25, -0.2) is 0 Å². The molecule has 1 N–H and O–H groups in total. The van der Waals surface area contributed by atoms with Crippen LogP contribution in [0.4, 0.5) is 0 Å². The lowest BCUT2D eigenvalue weighted by Gasteiger charge is -2.51. The second-order valence-electron chi connectivity index (χ2n) is 6.63. The Labute approximate surface area is 111 Å². The largest absolute Gasteiger partial charge is 0.481 e. The van der Waals surface area contributed by atoms with E-state index >= 15 is 0 Å². The zero-order valence-electron chi connectivity index (χ0n) is 11.8. The van der Waals surface area contributed by atoms with E-state index in [4.69, 9.17) is 5.11 Å². The van der Waals surface area contributed by atoms with Gasteiger partial charge in [0.1, 0.15) is 0 Å². The van der Waals surface area contributed by atoms with E-state index in [2.05, 4.69) is 11.8 Å². The minimum Gasteiger partial charge on any atom is -0.481 e. The fourth-order valence-corrected chi connectivity index (χ4v) is 3.59. The van der Waals surface area contributed by atoms with E-state index in [0.717, 1.165) is 19.3 Å². The quantitative estimate of drug-likeness (QED) is 0.790. The van der Waals surface area contributed by atoms with Crippen molar-refractivity contribution in [3.8, 4) is 0 Å². The van der Waals surface area contributed by atoms with Gasteiger partial charge >= 0.3 is 5.97 Å². The maximum absolute atomic E-state index is 10.7. The Kier molecular flexibility index (Phi) is 4.31. The van der Waals surface area contributed by atoms with E-state index in [-0.39, 0.29) is 5.92 Å². The summed E-state index contributed by atoms with van der Waals surface area (Å²) in [5, 5.41) is 8.84. The normalized spacial score (nSPS) is 25.9. The average Bonchev–Trinajstić information content (AvgIpc) is 2.75. The number of carboxylic acid groups (broad SMARTS) is 1. The van der Waals surface area contributed by atoms with Gasteiger partial charge in [0.25, 0.3) is 0 Å². The van der Waals surface area contributed by atoms with Crippen molar-refractivity contribution in [2.24, 2.45) is 11.3 Å². The first-order valence-electron chi connectivity index (χ1n) is 7.49. The molecule has 0 aromatic rings. The van der Waals surface area contributed by atoms with Crippen LogP contribution in [0.5, 0.6) is 0 Å². The molecule has 2 fully saturated rings. The molecule has 2 rings (SSSR count). The molecule has 1 aliphatic heterocycles. The molecule has 2 unspecified atom stereocenters. The first-order valence-corrected chi connectivity index (χ1v) is 7.49. The van der Waals surface area contributed by atoms with E-state index in [1.54, 1.807) is 0 Å². The highest BCUT2D eigenvalue weighted by molar-refractivity contribution is 5.69. The van der Waals surface area contributed by atoms with Crippen molar-refractivity contribution in [2.45, 2.75) is 64.8 Å². The summed E-state index contributed by atoms with van der Waals surface area (Å²) >= 11 is 0. The summed E-state index contributed by atoms with van der Waals surface area (Å²) in [6, 6.07) is 0.636. The molecule has 0 amide bonds. The first-order chi connectivity index (χ1) is 8.52. The molecule has 104 valence electrons. The molecular formula is C15H27NO2. The van der Waals surface area contributed by atoms with Crippen LogP contribution in [0.15, 0.2) is 0 Å². The smallest absolute Gasteiger partial charge is 0.306 e. The summed E-state index contributed by atoms with van der Waals surface area (Å²) in [6.45, 7) is 6.70. The molecule has 1 heterocycles. The van der Waals surface area contributed by atoms with Gasteiger partial charge in [0.15, 0.2) is 0 Å². The number of carboxylic acids is 1. The van der Waals surface area contributed by atoms with Crippen LogP contribution in [0.3, 0.4) is 0 Å². The van der Waals surface area contributed by atoms with Crippen LogP contribution in [-0.2, 0) is 4.79 Å². The summed E-state index contributed by atoms with van der Waals surface area (Å²) in [5.41, 5.74) is 0.683. The van der Waals surface area contributed by atoms with Crippen LogP contribution in [-0.4, -0.2) is 35.1 Å². The van der Waals surface area contributed by atoms with Gasteiger partial charge in [-0.2, -0.15) is 0 Å². The summed E-state index contributed by atoms with van der Waals surface area (Å²) in [7, 11) is 0. The maximum Gasteiger partial charge on any atom is 0.306 e. The van der Waals surface area contributed by atoms with Crippen molar-refractivity contribution < 1.29 is 9.90 Å². The van der Waals surface area contributed by atoms with Gasteiger partial charge < -0.3 is 5.11 Å². The minimum atomic E-state index is -0.656. The molecule has 0 radical (unpaired) electrons. The van der Waals surface area contributed by atoms with Crippen LogP contribution >= 0.6 is 0 Å². The SMILES string of the molecule is CC(CCCC(C)N1CC2(CCCC2)C1)C(=O)O. The maximum atomic E-state index is 10.7. The van der Waals surface area contributed by atoms with E-state index in [1.807, 2.05) is 6.92 Å². The number of aliphatic carboxylic acids is 1. The molecule has 2 atom stereocenters. The molecule has 3 heteroatoms. The molecule has 0 bridgehead atoms. The Morgan fingerprint density at radius 3 is 2.39 bits per heavy atom. The van der Waals surface area contributed by atoms with E-state index < -0.39 is 5.97 Å². The Morgan fingerprint density at radius 2 is 1.83 bits per heavy atom. The molecular weight excluding hydrogens is 226 g/mol. The molecule has 1 saturated carbocycles. The minimum absolute atomic E-state index is 0.185. The van der Waals surface area contributed by atoms with Gasteiger partial charge in [0, 0.05) is 19.1 Å². The van der Waals surface area contributed by atoms with Crippen molar-refractivity contribution in [1.29, 1.82) is 0 Å². The molecule has 18 heavy (non-hydrogen) atoms. The summed E-state index contributed by atoms with van der Waals surface area (Å²) < 4.78 is 0. The third kappa shape index (κ3) is 3.05. The van der Waals surface area contributed by atoms with Crippen molar-refractivity contribution >= 4 is 5.97 Å². The van der Waals surface area contributed by atoms with E-state index in [1.165, 1.54) is 38.8 Å². The standard InChI is InChI=1S/C15H27NO2/c1-12(14(17)18)6-5-7-13(2)16-10-15(11-16)8-3-4-9-15/h12-13H,3-11H2,1-2H3,(H,17,18). The fraction of sp³-hybridized carbons (Fsp3) is 0.933. The molecule has 3 nitrogen and oxygen atoms in total. The number of nitrogens with zero attached hydrogens (tertiary/aromatic N) is 1. The highest BCUT2D eigenvalue weighted by Gasteiger charge is 2.45. The zero-order valence-corrected chi connectivity index (χ0v) is 11.8. The summed E-state index contributed by atoms with van der Waals surface area (Å²) in [4.78, 5) is 13.3. The van der Waals surface area contributed by atoms with Crippen molar-refractivity contribution in [2.75, 3.05) is 13.1 Å². The third-order valence-corrected chi connectivity index (χ3v) is 5.05. The summed E-state index contributed by atoms with van der Waals surface area (Å²) in [5.74, 6) is -0.841. The Balaban J connectivity index is 1.61. The third-order valence-electron chi connectivity index (χ3n) is 5.05. The van der Waals surface area contributed by atoms with Gasteiger partial charge in [-0.3, -0.25) is 9.69 Å². The topological polar surface area (TPSA) is 40.5 Å². The van der Waals surface area contributed by atoms with Crippen molar-refractivity contribution in [3.05, 3.63) is 0 Å². The van der Waals surface area contributed by atoms with Gasteiger partial charge in [0.05, 0.1) is 5.92 Å². The predicted octanol–water partition coefficient (Wildman–Crippen LogP) is 3.14. The Hall–Kier alpha value is -0.570. The molecule has 0 aromatic heterocycles. The van der Waals surface area contributed by atoms with Crippen LogP contribution in [0.2, 0.25) is 0 Å². The number of rotatable bonds is 6. The molecule has 2 aliphatic rings. The second-order valence-corrected chi connectivity index (χ2v) is 6.63. The van der Waals surface area contributed by atoms with Gasteiger partial charge in [-0.05, 0) is 38.0 Å². The van der Waals surface area contributed by atoms with Crippen molar-refractivity contribution in [3.63, 3.8) is 0 Å². The van der Waals surface area contributed by atoms with Crippen LogP contribution in [0.25, 0.3) is 0 Å². The highest BCUT2D eigenvalue weighted by atomic mass is 16.4. The lowest BCUT2D eigenvalue weighted by atomic mass is 9.77. The number of carbonyl (C=O) groups is 1. The summed E-state index contributed by atoms with van der Waals surface area (Å²) in [6.07, 6.45) is 8.74. The number of hydrogen-bond acceptors (Lipinski definition) is 2. The van der Waals surface area contributed by atoms with E-state index in [9.17, 15) is 4.79 Å². The van der Waals surface area contributed by atoms with E-state index in [0.29, 0.717) is 11.5 Å². The molecule has 0 aromatic carbocycles. The average molecular weight is 253 g/mol. The van der Waals surface area contributed by atoms with Gasteiger partial charge in [0.2, 0.25) is 0 Å². The van der Waals surface area contributed by atoms with Crippen LogP contribution in [0.1, 0.15) is 58.8 Å². The Bertz CT molecular complexity index is 289. The van der Waals surface area contributed by atoms with Gasteiger partial charge in [-0.15, -0.1) is 0 Å². The zero-order chi connectivity index (χ0) is 13.2. The van der Waals surface area contributed by atoms with Gasteiger partial charge in [-0.1, -0.05) is 26.2 Å². The lowest BCUT2D eigenvalue weighted by Crippen LogP contribution is -2.57. The predicted molar refractivity (Wildman–Crippen MR) is 72.6 cm³/mol. The molecule has 1 aliphatic carbocycles. The molecule has 1 saturated heterocycles. The first kappa shape index (κ1) is 13.9. The number of likely N-dealkylation sites (tertiary alicyclic amines) is 1. The Morgan fingerprint density at radius 1 is 1.22 bits per heavy atom. The second kappa shape index (κ2) is 5.60. The monoisotopic (exact) mass is 253 g/mol.